The van der Waals surface area contributed by atoms with Crippen LogP contribution in [0.1, 0.15) is 16.7 Å². The number of nitrogens with one attached hydrogen (secondary N) is 1. The predicted molar refractivity (Wildman–Crippen MR) is 80.9 cm³/mol. The maximum atomic E-state index is 12.3. The number of amides is 1. The van der Waals surface area contributed by atoms with Crippen LogP contribution >= 0.6 is 11.6 Å². The maximum absolute atomic E-state index is 12.3. The first kappa shape index (κ1) is 16.6. The Balaban J connectivity index is 2.04. The molecule has 0 saturated heterocycles. The van der Waals surface area contributed by atoms with Crippen LogP contribution in [0.5, 0.6) is 5.75 Å². The van der Waals surface area contributed by atoms with Crippen molar-refractivity contribution in [2.75, 3.05) is 5.32 Å². The number of fused-ring (bicyclic) bond motifs is 1. The van der Waals surface area contributed by atoms with E-state index in [0.29, 0.717) is 21.8 Å². The Morgan fingerprint density at radius 2 is 1.79 bits per heavy atom. The molecule has 8 heteroatoms. The second-order valence-corrected chi connectivity index (χ2v) is 5.74. The van der Waals surface area contributed by atoms with Gasteiger partial charge in [-0.2, -0.15) is 0 Å². The number of halogens is 4. The molecule has 0 saturated carbocycles. The molecule has 1 aliphatic heterocycles. The lowest BCUT2D eigenvalue weighted by atomic mass is 9.87. The number of hydrogen-bond donors (Lipinski definition) is 2. The van der Waals surface area contributed by atoms with E-state index in [0.717, 1.165) is 12.1 Å². The van der Waals surface area contributed by atoms with Gasteiger partial charge < -0.3 is 15.2 Å². The fourth-order valence-corrected chi connectivity index (χ4v) is 2.82. The van der Waals surface area contributed by atoms with E-state index in [1.165, 1.54) is 18.2 Å². The molecule has 1 unspecified atom stereocenters. The summed E-state index contributed by atoms with van der Waals surface area (Å²) in [7, 11) is 0. The maximum Gasteiger partial charge on any atom is 0.573 e. The zero-order valence-electron chi connectivity index (χ0n) is 12.2. The molecular formula is C16H11ClF3NO3. The summed E-state index contributed by atoms with van der Waals surface area (Å²) in [6, 6.07) is 7.54. The molecule has 1 amide bonds. The van der Waals surface area contributed by atoms with E-state index < -0.39 is 23.6 Å². The Morgan fingerprint density at radius 3 is 2.38 bits per heavy atom. The summed E-state index contributed by atoms with van der Waals surface area (Å²) >= 11 is 6.01. The van der Waals surface area contributed by atoms with Gasteiger partial charge in [-0.25, -0.2) is 0 Å². The Labute approximate surface area is 139 Å². The topological polar surface area (TPSA) is 58.6 Å². The van der Waals surface area contributed by atoms with Crippen LogP contribution < -0.4 is 10.1 Å². The molecule has 126 valence electrons. The summed E-state index contributed by atoms with van der Waals surface area (Å²) < 4.78 is 40.4. The number of aliphatic hydroxyl groups is 1. The summed E-state index contributed by atoms with van der Waals surface area (Å²) in [5.74, 6) is -1.15. The smallest absolute Gasteiger partial charge is 0.406 e. The third-order valence-electron chi connectivity index (χ3n) is 3.86. The number of alkyl halides is 3. The van der Waals surface area contributed by atoms with Crippen molar-refractivity contribution in [2.24, 2.45) is 0 Å². The second kappa shape index (κ2) is 5.39. The van der Waals surface area contributed by atoms with Crippen molar-refractivity contribution in [3.8, 4) is 5.75 Å². The van der Waals surface area contributed by atoms with Crippen molar-refractivity contribution in [3.05, 3.63) is 58.1 Å². The SMILES string of the molecule is Cc1c(Cl)ccc2c1NC(=O)C2(O)c1ccc(OC(F)(F)F)cc1. The number of carbonyl (C=O) groups is 1. The lowest BCUT2D eigenvalue weighted by Crippen LogP contribution is -2.35. The highest BCUT2D eigenvalue weighted by molar-refractivity contribution is 6.32. The van der Waals surface area contributed by atoms with Gasteiger partial charge >= 0.3 is 6.36 Å². The van der Waals surface area contributed by atoms with Crippen LogP contribution in [-0.4, -0.2) is 17.4 Å². The van der Waals surface area contributed by atoms with Crippen molar-refractivity contribution in [3.63, 3.8) is 0 Å². The average Bonchev–Trinajstić information content (AvgIpc) is 2.76. The molecule has 2 aromatic carbocycles. The molecule has 0 spiro atoms. The third kappa shape index (κ3) is 2.59. The van der Waals surface area contributed by atoms with Crippen LogP contribution in [0.3, 0.4) is 0 Å². The number of anilines is 1. The molecular weight excluding hydrogens is 347 g/mol. The molecule has 2 N–H and O–H groups in total. The van der Waals surface area contributed by atoms with Crippen LogP contribution in [0, 0.1) is 6.92 Å². The standard InChI is InChI=1S/C16H11ClF3NO3/c1-8-12(17)7-6-11-13(8)21-14(22)15(11,23)9-2-4-10(5-3-9)24-16(18,19)20/h2-7,23H,1H3,(H,21,22). The molecule has 1 atom stereocenters. The number of hydrogen-bond acceptors (Lipinski definition) is 3. The molecule has 0 aromatic heterocycles. The van der Waals surface area contributed by atoms with Gasteiger partial charge in [0, 0.05) is 10.6 Å². The van der Waals surface area contributed by atoms with Crippen molar-refractivity contribution >= 4 is 23.2 Å². The normalized spacial score (nSPS) is 19.8. The minimum Gasteiger partial charge on any atom is -0.406 e. The van der Waals surface area contributed by atoms with E-state index in [1.54, 1.807) is 13.0 Å². The summed E-state index contributed by atoms with van der Waals surface area (Å²) in [5.41, 5.74) is -0.614. The fraction of sp³-hybridized carbons (Fsp3) is 0.188. The number of rotatable bonds is 2. The Morgan fingerprint density at radius 1 is 1.17 bits per heavy atom. The predicted octanol–water partition coefficient (Wildman–Crippen LogP) is 3.74. The van der Waals surface area contributed by atoms with Gasteiger partial charge in [-0.15, -0.1) is 13.2 Å². The minimum absolute atomic E-state index is 0.120. The number of carbonyl (C=O) groups excluding carboxylic acids is 1. The van der Waals surface area contributed by atoms with Crippen LogP contribution in [0.2, 0.25) is 5.02 Å². The zero-order valence-corrected chi connectivity index (χ0v) is 13.0. The van der Waals surface area contributed by atoms with Crippen molar-refractivity contribution < 1.29 is 27.8 Å². The highest BCUT2D eigenvalue weighted by atomic mass is 35.5. The van der Waals surface area contributed by atoms with E-state index in [-0.39, 0.29) is 5.56 Å². The van der Waals surface area contributed by atoms with Gasteiger partial charge in [0.25, 0.3) is 5.91 Å². The second-order valence-electron chi connectivity index (χ2n) is 5.33. The summed E-state index contributed by atoms with van der Waals surface area (Å²) in [4.78, 5) is 12.3. The molecule has 24 heavy (non-hydrogen) atoms. The molecule has 4 nitrogen and oxygen atoms in total. The van der Waals surface area contributed by atoms with E-state index in [9.17, 15) is 23.1 Å². The van der Waals surface area contributed by atoms with Gasteiger partial charge in [0.15, 0.2) is 5.60 Å². The van der Waals surface area contributed by atoms with E-state index in [1.807, 2.05) is 0 Å². The lowest BCUT2D eigenvalue weighted by molar-refractivity contribution is -0.274. The third-order valence-corrected chi connectivity index (χ3v) is 4.27. The first-order chi connectivity index (χ1) is 11.1. The number of benzene rings is 2. The summed E-state index contributed by atoms with van der Waals surface area (Å²) in [6.45, 7) is 1.69. The van der Waals surface area contributed by atoms with E-state index in [2.05, 4.69) is 10.1 Å². The van der Waals surface area contributed by atoms with Crippen LogP contribution in [-0.2, 0) is 10.4 Å². The van der Waals surface area contributed by atoms with Gasteiger partial charge in [0.05, 0.1) is 5.69 Å². The molecule has 0 bridgehead atoms. The van der Waals surface area contributed by atoms with Crippen LogP contribution in [0.4, 0.5) is 18.9 Å². The highest BCUT2D eigenvalue weighted by Crippen LogP contribution is 2.44. The van der Waals surface area contributed by atoms with E-state index in [4.69, 9.17) is 11.6 Å². The molecule has 0 radical (unpaired) electrons. The van der Waals surface area contributed by atoms with Crippen molar-refractivity contribution in [2.45, 2.75) is 18.9 Å². The van der Waals surface area contributed by atoms with Gasteiger partial charge in [-0.3, -0.25) is 4.79 Å². The lowest BCUT2D eigenvalue weighted by Gasteiger charge is -2.22. The largest absolute Gasteiger partial charge is 0.573 e. The summed E-state index contributed by atoms with van der Waals surface area (Å²) in [5, 5.41) is 13.9. The van der Waals surface area contributed by atoms with Gasteiger partial charge in [0.1, 0.15) is 5.75 Å². The molecule has 1 heterocycles. The minimum atomic E-state index is -4.82. The monoisotopic (exact) mass is 357 g/mol. The van der Waals surface area contributed by atoms with Crippen LogP contribution in [0.25, 0.3) is 0 Å². The molecule has 2 aromatic rings. The highest BCUT2D eigenvalue weighted by Gasteiger charge is 2.47. The number of ether oxygens (including phenoxy) is 1. The Bertz CT molecular complexity index is 821. The quantitative estimate of drug-likeness (QED) is 0.861. The first-order valence-electron chi connectivity index (χ1n) is 6.82. The fourth-order valence-electron chi connectivity index (χ4n) is 2.66. The van der Waals surface area contributed by atoms with Gasteiger partial charge in [-0.05, 0) is 36.2 Å². The van der Waals surface area contributed by atoms with E-state index >= 15 is 0 Å². The van der Waals surface area contributed by atoms with Gasteiger partial charge in [-0.1, -0.05) is 29.8 Å². The van der Waals surface area contributed by atoms with Crippen LogP contribution in [0.15, 0.2) is 36.4 Å². The average molecular weight is 358 g/mol. The zero-order chi connectivity index (χ0) is 17.7. The molecule has 1 aliphatic rings. The van der Waals surface area contributed by atoms with Crippen molar-refractivity contribution in [1.82, 2.24) is 0 Å². The van der Waals surface area contributed by atoms with Gasteiger partial charge in [0.2, 0.25) is 0 Å². The molecule has 0 aliphatic carbocycles. The molecule has 3 rings (SSSR count). The Hall–Kier alpha value is -2.25. The molecule has 0 fully saturated rings. The van der Waals surface area contributed by atoms with Crippen molar-refractivity contribution in [1.29, 1.82) is 0 Å². The Kier molecular flexibility index (Phi) is 3.73. The first-order valence-corrected chi connectivity index (χ1v) is 7.20. The summed E-state index contributed by atoms with van der Waals surface area (Å²) in [6.07, 6.45) is -4.82.